The third-order valence-electron chi connectivity index (χ3n) is 26.3. The van der Waals surface area contributed by atoms with Crippen LogP contribution in [0, 0.1) is 17.9 Å². The molecule has 0 fully saturated rings. The Morgan fingerprint density at radius 1 is 0.228 bits per heavy atom. The van der Waals surface area contributed by atoms with Crippen molar-refractivity contribution in [3.63, 3.8) is 0 Å². The van der Waals surface area contributed by atoms with Gasteiger partial charge in [0.25, 0.3) is 0 Å². The minimum Gasteiger partial charge on any atom is -0.307 e. The smallest absolute Gasteiger partial charge is 0.206 e. The first kappa shape index (κ1) is 79.2. The van der Waals surface area contributed by atoms with Crippen LogP contribution >= 0.6 is 0 Å². The number of para-hydroxylation sites is 12. The summed E-state index contributed by atoms with van der Waals surface area (Å²) in [4.78, 5) is 31.6. The number of ketones is 1. The van der Waals surface area contributed by atoms with Crippen LogP contribution in [0.4, 0.5) is 5.69 Å². The summed E-state index contributed by atoms with van der Waals surface area (Å²) in [7, 11) is 0. The van der Waals surface area contributed by atoms with Crippen molar-refractivity contribution in [1.82, 2.24) is 51.5 Å². The number of hydrogen-bond donors (Lipinski definition) is 0. The molecule has 14 heteroatoms. The molecule has 0 radical (unpaired) electrons. The van der Waals surface area contributed by atoms with Gasteiger partial charge in [-0.25, -0.2) is 19.8 Å². The van der Waals surface area contributed by atoms with E-state index in [-0.39, 0.29) is 5.78 Å². The van der Waals surface area contributed by atoms with Crippen LogP contribution in [0.3, 0.4) is 0 Å². The number of aromatic nitrogens is 11. The predicted octanol–water partition coefficient (Wildman–Crippen LogP) is 30.1. The largest absolute Gasteiger partial charge is 0.307 e. The van der Waals surface area contributed by atoms with Gasteiger partial charge in [-0.2, -0.15) is 5.26 Å². The molecule has 0 unspecified atom stereocenters. The Balaban J connectivity index is 0.000000111. The van der Waals surface area contributed by atoms with Gasteiger partial charge >= 0.3 is 0 Å². The first-order chi connectivity index (χ1) is 67.4. The van der Waals surface area contributed by atoms with E-state index in [9.17, 15) is 10.1 Å². The van der Waals surface area contributed by atoms with Crippen molar-refractivity contribution >= 4 is 143 Å². The lowest BCUT2D eigenvalue weighted by Crippen LogP contribution is -2.04. The molecule has 0 aliphatic rings. The highest BCUT2D eigenvalue weighted by Gasteiger charge is 2.31. The maximum Gasteiger partial charge on any atom is 0.206 e. The number of fused-ring (bicyclic) bond motifs is 20. The van der Waals surface area contributed by atoms with E-state index in [4.69, 9.17) is 21.5 Å². The molecule has 14 nitrogen and oxygen atoms in total. The Morgan fingerprint density at radius 2 is 0.434 bits per heavy atom. The van der Waals surface area contributed by atoms with Gasteiger partial charge in [-0.15, -0.1) is 0 Å². The van der Waals surface area contributed by atoms with Crippen molar-refractivity contribution in [2.45, 2.75) is 0 Å². The van der Waals surface area contributed by atoms with Crippen LogP contribution in [0.1, 0.15) is 21.5 Å². The van der Waals surface area contributed by atoms with Gasteiger partial charge in [-0.1, -0.05) is 309 Å². The molecule has 0 atom stereocenters. The van der Waals surface area contributed by atoms with Gasteiger partial charge in [-0.05, 0) is 158 Å². The molecule has 9 aromatic heterocycles. The Labute approximate surface area is 780 Å². The van der Waals surface area contributed by atoms with E-state index >= 15 is 0 Å². The van der Waals surface area contributed by atoms with Gasteiger partial charge in [0.15, 0.2) is 23.3 Å². The fraction of sp³-hybridized carbons (Fsp3) is 0. The summed E-state index contributed by atoms with van der Waals surface area (Å²) in [5, 5.41) is 19.7. The molecule has 0 spiro atoms. The van der Waals surface area contributed by atoms with E-state index in [1.54, 1.807) is 0 Å². The lowest BCUT2D eigenvalue weighted by molar-refractivity contribution is 0.103. The first-order valence-corrected chi connectivity index (χ1v) is 45.4. The molecule has 0 aliphatic heterocycles. The van der Waals surface area contributed by atoms with Crippen molar-refractivity contribution in [1.29, 1.82) is 5.26 Å². The molecule has 0 aliphatic carbocycles. The normalized spacial score (nSPS) is 11.5. The maximum absolute atomic E-state index is 13.0. The molecule has 0 N–H and O–H groups in total. The van der Waals surface area contributed by atoms with Gasteiger partial charge in [0, 0.05) is 105 Å². The van der Waals surface area contributed by atoms with Gasteiger partial charge in [0.2, 0.25) is 5.69 Å². The van der Waals surface area contributed by atoms with E-state index in [0.717, 1.165) is 144 Å². The second kappa shape index (κ2) is 32.9. The Bertz CT molecular complexity index is 9170. The van der Waals surface area contributed by atoms with E-state index in [1.165, 1.54) is 49.1 Å². The van der Waals surface area contributed by atoms with Crippen LogP contribution in [0.2, 0.25) is 0 Å². The number of benzene rings is 18. The second-order valence-electron chi connectivity index (χ2n) is 33.9. The minimum atomic E-state index is 0.0327. The van der Waals surface area contributed by atoms with Crippen LogP contribution in [0.25, 0.3) is 216 Å². The number of carbonyl (C=O) groups is 1. The van der Waals surface area contributed by atoms with Crippen molar-refractivity contribution in [3.8, 4) is 85.7 Å². The molecule has 0 amide bonds. The topological polar surface area (TPSA) is 123 Å². The van der Waals surface area contributed by atoms with E-state index < -0.39 is 0 Å². The summed E-state index contributed by atoms with van der Waals surface area (Å²) in [6.45, 7) is 8.25. The zero-order chi connectivity index (χ0) is 90.4. The maximum atomic E-state index is 13.0. The molecule has 636 valence electrons. The zero-order valence-electron chi connectivity index (χ0n) is 73.2. The summed E-state index contributed by atoms with van der Waals surface area (Å²) < 4.78 is 18.8. The molecule has 0 bridgehead atoms. The Kier molecular flexibility index (Phi) is 19.1. The Hall–Kier alpha value is -19.0. The zero-order valence-corrected chi connectivity index (χ0v) is 73.2. The van der Waals surface area contributed by atoms with Gasteiger partial charge in [0.05, 0.1) is 118 Å². The van der Waals surface area contributed by atoms with Crippen LogP contribution in [0.15, 0.2) is 467 Å². The minimum absolute atomic E-state index is 0.0327. The molecule has 27 rings (SSSR count). The van der Waals surface area contributed by atoms with Crippen LogP contribution in [-0.2, 0) is 0 Å². The Morgan fingerprint density at radius 3 is 0.706 bits per heavy atom. The average molecular weight is 1740 g/mol. The molecule has 136 heavy (non-hydrogen) atoms. The van der Waals surface area contributed by atoms with Crippen LogP contribution in [0.5, 0.6) is 0 Å². The lowest BCUT2D eigenvalue weighted by atomic mass is 10.0. The van der Waals surface area contributed by atoms with Crippen LogP contribution < -0.4 is 0 Å². The quantitative estimate of drug-likeness (QED) is 0.0840. The average Bonchev–Trinajstić information content (AvgIpc) is 1.53. The highest BCUT2D eigenvalue weighted by Crippen LogP contribution is 2.49. The summed E-state index contributed by atoms with van der Waals surface area (Å²) >= 11 is 0. The third-order valence-corrected chi connectivity index (χ3v) is 26.3. The van der Waals surface area contributed by atoms with E-state index in [1.807, 2.05) is 133 Å². The standard InChI is InChI=1S/C48H28N6.C41H27N5.C33H22N2O/c1-50-38-29-44(54-42-27-15-11-23-37(42)46-48(54)35-21-9-13-25-40(35)52(46)33-18-6-3-7-19-33)43(28-31(38)30-49)53-41-26-14-10-22-36(41)45-47(53)34-20-8-12-24-39(34)51(45)32-16-4-2-5-17-32;1-4-14-28(15-5-1)39-42-40(29-16-6-2-7-17-29)44-41(43-39)30-24-26-32(27-25-30)46-36-23-13-11-21-34(36)37-38(46)33-20-10-12-22-35(33)45(37)31-18-8-3-9-19-31;36-33(23-11-3-1-4-12-23)24-19-21-26(22-20-24)35-30-18-10-8-16-28(30)31-32(35)27-15-7-9-17-29(27)34(31)25-13-5-2-6-14-25/h2-29H;1-27H;1-22H. The molecule has 18 aromatic carbocycles. The summed E-state index contributed by atoms with van der Waals surface area (Å²) in [6, 6.07) is 163. The number of nitrogens with zero attached hydrogens (tertiary/aromatic N) is 13. The summed E-state index contributed by atoms with van der Waals surface area (Å²) in [6.07, 6.45) is 0. The fourth-order valence-corrected chi connectivity index (χ4v) is 20.5. The molecule has 27 aromatic rings. The van der Waals surface area contributed by atoms with Gasteiger partial charge in [0.1, 0.15) is 0 Å². The number of nitriles is 1. The van der Waals surface area contributed by atoms with Crippen molar-refractivity contribution in [2.75, 3.05) is 0 Å². The lowest BCUT2D eigenvalue weighted by Gasteiger charge is -2.18. The highest BCUT2D eigenvalue weighted by atomic mass is 16.1. The van der Waals surface area contributed by atoms with E-state index in [0.29, 0.717) is 39.9 Å². The predicted molar refractivity (Wildman–Crippen MR) is 555 cm³/mol. The monoisotopic (exact) mass is 1740 g/mol. The first-order valence-electron chi connectivity index (χ1n) is 45.4. The second-order valence-corrected chi connectivity index (χ2v) is 33.9. The number of carbonyl (C=O) groups excluding carboxylic acids is 1. The highest BCUT2D eigenvalue weighted by molar-refractivity contribution is 6.25. The van der Waals surface area contributed by atoms with Crippen LogP contribution in [-0.4, -0.2) is 57.3 Å². The van der Waals surface area contributed by atoms with Gasteiger partial charge in [-0.3, -0.25) is 4.79 Å². The summed E-state index contributed by atoms with van der Waals surface area (Å²) in [5.74, 6) is 1.98. The molecular formula is C122H77N13O. The fourth-order valence-electron chi connectivity index (χ4n) is 20.5. The number of hydrogen-bond acceptors (Lipinski definition) is 5. The SMILES string of the molecule is O=C(c1ccccc1)c1ccc(-n2c3ccccc3c3c2c2ccccc2n3-c2ccccc2)cc1.[C-]#[N+]c1cc(-n2c3ccccc3c3c2c2ccccc2n3-c2ccccc2)c(-n2c3ccccc3c3c2c2ccccc2n3-c2ccccc2)cc1C#N.c1ccc(-c2nc(-c3ccccc3)nc(-c3ccc(-n4c5ccccc5c5c4c4ccccc4n5-c4ccccc4)cc3)n2)cc1. The van der Waals surface area contributed by atoms with Gasteiger partial charge < -0.3 is 36.5 Å². The molecule has 9 heterocycles. The van der Waals surface area contributed by atoms with E-state index in [2.05, 4.69) is 381 Å². The van der Waals surface area contributed by atoms with Crippen molar-refractivity contribution < 1.29 is 4.79 Å². The molecule has 0 saturated heterocycles. The van der Waals surface area contributed by atoms with Crippen molar-refractivity contribution in [2.24, 2.45) is 0 Å². The molecule has 0 saturated carbocycles. The number of rotatable bonds is 13. The van der Waals surface area contributed by atoms with Crippen molar-refractivity contribution in [3.05, 3.63) is 495 Å². The summed E-state index contributed by atoms with van der Waals surface area (Å²) in [5.41, 5.74) is 30.9. The third kappa shape index (κ3) is 12.8. The molecular weight excluding hydrogens is 1660 g/mol.